The van der Waals surface area contributed by atoms with Crippen LogP contribution in [-0.4, -0.2) is 23.3 Å². The topological polar surface area (TPSA) is 92.8 Å². The Bertz CT molecular complexity index is 429. The van der Waals surface area contributed by atoms with Gasteiger partial charge in [-0.1, -0.05) is 13.8 Å². The molecule has 94 valence electrons. The number of esters is 1. The molecule has 1 aromatic carbocycles. The summed E-state index contributed by atoms with van der Waals surface area (Å²) in [6, 6.07) is 2.12. The van der Waals surface area contributed by atoms with Gasteiger partial charge in [0.15, 0.2) is 11.5 Å². The third kappa shape index (κ3) is 2.68. The molecule has 0 aliphatic rings. The summed E-state index contributed by atoms with van der Waals surface area (Å²) in [4.78, 5) is 11.4. The molecule has 4 N–H and O–H groups in total. The largest absolute Gasteiger partial charge is 0.504 e. The highest BCUT2D eigenvalue weighted by Gasteiger charge is 2.20. The summed E-state index contributed by atoms with van der Waals surface area (Å²) >= 11 is 0. The normalized spacial score (nSPS) is 12.5. The zero-order valence-electron chi connectivity index (χ0n) is 10.1. The number of phenolic OH excluding ortho intramolecular Hbond substituents is 2. The maximum Gasteiger partial charge on any atom is 0.337 e. The summed E-state index contributed by atoms with van der Waals surface area (Å²) in [5.41, 5.74) is 6.39. The van der Waals surface area contributed by atoms with E-state index in [9.17, 15) is 15.0 Å². The second-order valence-electron chi connectivity index (χ2n) is 4.19. The smallest absolute Gasteiger partial charge is 0.337 e. The van der Waals surface area contributed by atoms with Gasteiger partial charge < -0.3 is 20.7 Å². The van der Waals surface area contributed by atoms with E-state index in [2.05, 4.69) is 4.74 Å². The Morgan fingerprint density at radius 3 is 2.41 bits per heavy atom. The Hall–Kier alpha value is -1.75. The quantitative estimate of drug-likeness (QED) is 0.549. The zero-order valence-corrected chi connectivity index (χ0v) is 10.1. The number of methoxy groups -OCH3 is 1. The molecular formula is C12H17NO4. The Morgan fingerprint density at radius 2 is 1.94 bits per heavy atom. The van der Waals surface area contributed by atoms with Gasteiger partial charge in [0.2, 0.25) is 0 Å². The molecule has 5 nitrogen and oxygen atoms in total. The van der Waals surface area contributed by atoms with Crippen LogP contribution in [0.15, 0.2) is 12.1 Å². The summed E-state index contributed by atoms with van der Waals surface area (Å²) < 4.78 is 4.55. The average Bonchev–Trinajstić information content (AvgIpc) is 2.30. The number of carbonyl (C=O) groups is 1. The van der Waals surface area contributed by atoms with Crippen molar-refractivity contribution in [3.63, 3.8) is 0 Å². The van der Waals surface area contributed by atoms with E-state index < -0.39 is 12.0 Å². The molecule has 0 radical (unpaired) electrons. The van der Waals surface area contributed by atoms with E-state index in [4.69, 9.17) is 5.73 Å². The molecule has 0 saturated carbocycles. The summed E-state index contributed by atoms with van der Waals surface area (Å²) in [7, 11) is 1.24. The highest BCUT2D eigenvalue weighted by molar-refractivity contribution is 5.90. The lowest BCUT2D eigenvalue weighted by molar-refractivity contribution is 0.0600. The molecule has 0 amide bonds. The number of rotatable bonds is 3. The van der Waals surface area contributed by atoms with Crippen LogP contribution >= 0.6 is 0 Å². The zero-order chi connectivity index (χ0) is 13.2. The van der Waals surface area contributed by atoms with Crippen LogP contribution < -0.4 is 5.73 Å². The van der Waals surface area contributed by atoms with Crippen molar-refractivity contribution in [1.82, 2.24) is 0 Å². The van der Waals surface area contributed by atoms with Crippen molar-refractivity contribution in [3.05, 3.63) is 23.3 Å². The standard InChI is InChI=1S/C12H17NO4/c1-6(2)10(13)8-4-7(12(16)17-3)5-9(14)11(8)15/h4-6,10,14-15H,13H2,1-3H3. The van der Waals surface area contributed by atoms with Crippen molar-refractivity contribution < 1.29 is 19.7 Å². The predicted octanol–water partition coefficient (Wildman–Crippen LogP) is 1.54. The Kier molecular flexibility index (Phi) is 3.96. The van der Waals surface area contributed by atoms with Crippen molar-refractivity contribution in [2.45, 2.75) is 19.9 Å². The van der Waals surface area contributed by atoms with Crippen molar-refractivity contribution in [1.29, 1.82) is 0 Å². The van der Waals surface area contributed by atoms with Gasteiger partial charge >= 0.3 is 5.97 Å². The maximum atomic E-state index is 11.4. The van der Waals surface area contributed by atoms with Gasteiger partial charge in [-0.3, -0.25) is 0 Å². The number of hydrogen-bond donors (Lipinski definition) is 3. The van der Waals surface area contributed by atoms with E-state index >= 15 is 0 Å². The highest BCUT2D eigenvalue weighted by atomic mass is 16.5. The van der Waals surface area contributed by atoms with Gasteiger partial charge in [-0.05, 0) is 18.1 Å². The SMILES string of the molecule is COC(=O)c1cc(O)c(O)c(C(N)C(C)C)c1. The van der Waals surface area contributed by atoms with Gasteiger partial charge in [-0.2, -0.15) is 0 Å². The van der Waals surface area contributed by atoms with Crippen molar-refractivity contribution in [2.24, 2.45) is 11.7 Å². The number of aromatic hydroxyl groups is 2. The lowest BCUT2D eigenvalue weighted by Crippen LogP contribution is -2.17. The Labute approximate surface area is 99.8 Å². The van der Waals surface area contributed by atoms with Gasteiger partial charge in [0.1, 0.15) is 0 Å². The minimum atomic E-state index is -0.586. The monoisotopic (exact) mass is 239 g/mol. The van der Waals surface area contributed by atoms with Crippen molar-refractivity contribution >= 4 is 5.97 Å². The second-order valence-corrected chi connectivity index (χ2v) is 4.19. The van der Waals surface area contributed by atoms with E-state index in [1.807, 2.05) is 13.8 Å². The van der Waals surface area contributed by atoms with Crippen LogP contribution in [0, 0.1) is 5.92 Å². The average molecular weight is 239 g/mol. The first-order valence-corrected chi connectivity index (χ1v) is 5.28. The molecule has 0 heterocycles. The minimum absolute atomic E-state index is 0.0631. The third-order valence-electron chi connectivity index (χ3n) is 2.62. The molecule has 0 aromatic heterocycles. The number of benzene rings is 1. The van der Waals surface area contributed by atoms with Crippen molar-refractivity contribution in [3.8, 4) is 11.5 Å². The number of phenols is 2. The van der Waals surface area contributed by atoms with Gasteiger partial charge in [-0.25, -0.2) is 4.79 Å². The van der Waals surface area contributed by atoms with Gasteiger partial charge in [0.25, 0.3) is 0 Å². The molecule has 0 spiro atoms. The molecule has 0 aliphatic heterocycles. The highest BCUT2D eigenvalue weighted by Crippen LogP contribution is 2.36. The van der Waals surface area contributed by atoms with Crippen LogP contribution in [0.5, 0.6) is 11.5 Å². The Balaban J connectivity index is 3.29. The Morgan fingerprint density at radius 1 is 1.35 bits per heavy atom. The van der Waals surface area contributed by atoms with Crippen LogP contribution in [0.2, 0.25) is 0 Å². The first-order valence-electron chi connectivity index (χ1n) is 5.28. The first-order chi connectivity index (χ1) is 7.88. The molecule has 1 rings (SSSR count). The number of carbonyl (C=O) groups excluding carboxylic acids is 1. The lowest BCUT2D eigenvalue weighted by atomic mass is 9.94. The summed E-state index contributed by atoms with van der Waals surface area (Å²) in [5.74, 6) is -1.19. The fraction of sp³-hybridized carbons (Fsp3) is 0.417. The molecule has 0 bridgehead atoms. The third-order valence-corrected chi connectivity index (χ3v) is 2.62. The molecular weight excluding hydrogens is 222 g/mol. The van der Waals surface area contributed by atoms with E-state index in [-0.39, 0.29) is 23.0 Å². The fourth-order valence-electron chi connectivity index (χ4n) is 1.49. The van der Waals surface area contributed by atoms with Crippen LogP contribution in [-0.2, 0) is 4.74 Å². The number of ether oxygens (including phenoxy) is 1. The maximum absolute atomic E-state index is 11.4. The number of nitrogens with two attached hydrogens (primary N) is 1. The predicted molar refractivity (Wildman–Crippen MR) is 62.9 cm³/mol. The molecule has 1 aromatic rings. The summed E-state index contributed by atoms with van der Waals surface area (Å²) in [6.45, 7) is 3.76. The molecule has 1 unspecified atom stereocenters. The van der Waals surface area contributed by atoms with Crippen LogP contribution in [0.4, 0.5) is 0 Å². The molecule has 0 fully saturated rings. The summed E-state index contributed by atoms with van der Waals surface area (Å²) in [6.07, 6.45) is 0. The summed E-state index contributed by atoms with van der Waals surface area (Å²) in [5, 5.41) is 19.3. The fourth-order valence-corrected chi connectivity index (χ4v) is 1.49. The van der Waals surface area contributed by atoms with E-state index in [1.54, 1.807) is 0 Å². The van der Waals surface area contributed by atoms with Gasteiger partial charge in [0, 0.05) is 11.6 Å². The molecule has 0 saturated heterocycles. The van der Waals surface area contributed by atoms with Crippen molar-refractivity contribution in [2.75, 3.05) is 7.11 Å². The van der Waals surface area contributed by atoms with Gasteiger partial charge in [0.05, 0.1) is 12.7 Å². The molecule has 17 heavy (non-hydrogen) atoms. The van der Waals surface area contributed by atoms with E-state index in [1.165, 1.54) is 13.2 Å². The van der Waals surface area contributed by atoms with E-state index in [0.717, 1.165) is 6.07 Å². The van der Waals surface area contributed by atoms with Crippen LogP contribution in [0.25, 0.3) is 0 Å². The van der Waals surface area contributed by atoms with E-state index in [0.29, 0.717) is 5.56 Å². The first kappa shape index (κ1) is 13.3. The van der Waals surface area contributed by atoms with Crippen LogP contribution in [0.3, 0.4) is 0 Å². The number of hydrogen-bond acceptors (Lipinski definition) is 5. The van der Waals surface area contributed by atoms with Crippen LogP contribution in [0.1, 0.15) is 35.8 Å². The molecule has 0 aliphatic carbocycles. The molecule has 1 atom stereocenters. The second kappa shape index (κ2) is 5.05. The lowest BCUT2D eigenvalue weighted by Gasteiger charge is -2.18. The minimum Gasteiger partial charge on any atom is -0.504 e. The van der Waals surface area contributed by atoms with Gasteiger partial charge in [-0.15, -0.1) is 0 Å². The molecule has 5 heteroatoms.